The van der Waals surface area contributed by atoms with Gasteiger partial charge in [-0.2, -0.15) is 0 Å². The van der Waals surface area contributed by atoms with E-state index in [0.717, 1.165) is 16.5 Å². The molecule has 0 unspecified atom stereocenters. The molecule has 19 nitrogen and oxygen atoms in total. The molecule has 0 aliphatic carbocycles. The van der Waals surface area contributed by atoms with Crippen molar-refractivity contribution in [2.24, 2.45) is 17.4 Å². The molecule has 318 valence electrons. The van der Waals surface area contributed by atoms with Crippen LogP contribution in [0.3, 0.4) is 0 Å². The van der Waals surface area contributed by atoms with Crippen LogP contribution >= 0.6 is 0 Å². The van der Waals surface area contributed by atoms with E-state index in [1.807, 2.05) is 38.1 Å². The van der Waals surface area contributed by atoms with Crippen LogP contribution < -0.4 is 43.4 Å². The lowest BCUT2D eigenvalue weighted by Gasteiger charge is -2.26. The number of hydrogen-bond acceptors (Lipinski definition) is 9. The number of benzene rings is 3. The second kappa shape index (κ2) is 22.0. The van der Waals surface area contributed by atoms with Gasteiger partial charge < -0.3 is 48.4 Å². The number of guanidine groups is 1. The number of carbonyl (C=O) groups is 6. The van der Waals surface area contributed by atoms with E-state index in [9.17, 15) is 38.9 Å². The van der Waals surface area contributed by atoms with Crippen LogP contribution in [-0.2, 0) is 36.8 Å². The first kappa shape index (κ1) is 45.4. The molecule has 6 amide bonds. The summed E-state index contributed by atoms with van der Waals surface area (Å²) in [6, 6.07) is 16.5. The summed E-state index contributed by atoms with van der Waals surface area (Å²) in [5.74, 6) is -4.69. The number of rotatable bonds is 22. The van der Waals surface area contributed by atoms with Crippen molar-refractivity contribution in [3.05, 3.63) is 112 Å². The Hall–Kier alpha value is -7.31. The maximum Gasteiger partial charge on any atom is 0.269 e. The Balaban J connectivity index is 1.44. The van der Waals surface area contributed by atoms with Crippen molar-refractivity contribution in [3.63, 3.8) is 0 Å². The van der Waals surface area contributed by atoms with Crippen LogP contribution in [0.2, 0.25) is 0 Å². The van der Waals surface area contributed by atoms with Gasteiger partial charge in [-0.3, -0.25) is 44.3 Å². The molecular formula is C41H51N11O8. The van der Waals surface area contributed by atoms with E-state index in [0.29, 0.717) is 5.56 Å². The SMILES string of the molecule is CC(C)C[C@H](NC(=O)CNC(=O)[C@H](Cc1ccccc1)NC(=O)c1ccc([N+](=O)[O-])cc1)C(=O)N[C@@H](CCCNC(=N)N)C(=O)N[C@@H](Cc1c[nH]c2ccccc12)C(N)=O. The molecule has 1 heterocycles. The molecule has 0 bridgehead atoms. The average molecular weight is 826 g/mol. The molecule has 19 heteroatoms. The Bertz CT molecular complexity index is 2160. The largest absolute Gasteiger partial charge is 0.370 e. The Morgan fingerprint density at radius 3 is 2.05 bits per heavy atom. The van der Waals surface area contributed by atoms with Crippen molar-refractivity contribution in [2.75, 3.05) is 13.1 Å². The van der Waals surface area contributed by atoms with Crippen LogP contribution in [0.1, 0.15) is 54.6 Å². The standard InChI is InChI=1S/C41H51N11O8/c1-24(2)19-33(48-35(53)23-47-38(56)34(20-25-9-4-3-5-10-25)51-37(55)26-14-16-28(17-15-26)52(59)60)40(58)49-31(13-8-18-45-41(43)44)39(57)50-32(36(42)54)21-27-22-46-30-12-7-6-11-29(27)30/h3-7,9-12,14-17,22,24,31-34,46H,8,13,18-21,23H2,1-2H3,(H2,42,54)(H,47,56)(H,48,53)(H,49,58)(H,50,57)(H,51,55)(H4,43,44,45)/t31-,32-,33-,34-/m0/s1. The Morgan fingerprint density at radius 1 is 0.750 bits per heavy atom. The summed E-state index contributed by atoms with van der Waals surface area (Å²) in [7, 11) is 0. The van der Waals surface area contributed by atoms with E-state index in [1.54, 1.807) is 36.5 Å². The number of carbonyl (C=O) groups excluding carboxylic acids is 6. The van der Waals surface area contributed by atoms with Gasteiger partial charge in [-0.15, -0.1) is 0 Å². The first-order valence-corrected chi connectivity index (χ1v) is 19.3. The molecule has 0 radical (unpaired) electrons. The molecule has 12 N–H and O–H groups in total. The second-order valence-corrected chi connectivity index (χ2v) is 14.6. The molecule has 4 aromatic rings. The molecule has 60 heavy (non-hydrogen) atoms. The molecular weight excluding hydrogens is 775 g/mol. The number of nitro benzene ring substituents is 1. The lowest BCUT2D eigenvalue weighted by atomic mass is 10.0. The number of aromatic amines is 1. The predicted molar refractivity (Wildman–Crippen MR) is 223 cm³/mol. The first-order valence-electron chi connectivity index (χ1n) is 19.3. The fourth-order valence-corrected chi connectivity index (χ4v) is 6.36. The van der Waals surface area contributed by atoms with Crippen LogP contribution in [0, 0.1) is 21.4 Å². The smallest absolute Gasteiger partial charge is 0.269 e. The Labute approximate surface area is 345 Å². The highest BCUT2D eigenvalue weighted by Gasteiger charge is 2.30. The fourth-order valence-electron chi connectivity index (χ4n) is 6.36. The van der Waals surface area contributed by atoms with Crippen LogP contribution in [0.5, 0.6) is 0 Å². The number of amides is 6. The van der Waals surface area contributed by atoms with E-state index < -0.39 is 71.1 Å². The summed E-state index contributed by atoms with van der Waals surface area (Å²) >= 11 is 0. The minimum absolute atomic E-state index is 0.0508. The third-order valence-corrected chi connectivity index (χ3v) is 9.40. The summed E-state index contributed by atoms with van der Waals surface area (Å²) in [6.07, 6.45) is 2.33. The summed E-state index contributed by atoms with van der Waals surface area (Å²) in [5, 5.41) is 35.1. The molecule has 0 aliphatic heterocycles. The minimum atomic E-state index is -1.19. The number of nitrogens with zero attached hydrogens (tertiary/aromatic N) is 1. The number of non-ortho nitro benzene ring substituents is 1. The van der Waals surface area contributed by atoms with Crippen molar-refractivity contribution in [1.29, 1.82) is 5.41 Å². The molecule has 4 atom stereocenters. The highest BCUT2D eigenvalue weighted by molar-refractivity contribution is 5.99. The number of H-pyrrole nitrogens is 1. The van der Waals surface area contributed by atoms with Crippen molar-refractivity contribution < 1.29 is 33.7 Å². The predicted octanol–water partition coefficient (Wildman–Crippen LogP) is 1.03. The Kier molecular flexibility index (Phi) is 16.6. The zero-order valence-corrected chi connectivity index (χ0v) is 33.3. The zero-order chi connectivity index (χ0) is 43.8. The van der Waals surface area contributed by atoms with Gasteiger partial charge in [0, 0.05) is 54.2 Å². The van der Waals surface area contributed by atoms with Gasteiger partial charge in [0.25, 0.3) is 11.6 Å². The number of primary amides is 1. The lowest BCUT2D eigenvalue weighted by Crippen LogP contribution is -2.57. The van der Waals surface area contributed by atoms with Crippen molar-refractivity contribution in [1.82, 2.24) is 36.9 Å². The first-order chi connectivity index (χ1) is 28.6. The number of para-hydroxylation sites is 1. The van der Waals surface area contributed by atoms with Gasteiger partial charge in [0.15, 0.2) is 5.96 Å². The topological polar surface area (TPSA) is 309 Å². The van der Waals surface area contributed by atoms with Gasteiger partial charge in [0.05, 0.1) is 11.5 Å². The number of nitrogens with one attached hydrogen (secondary N) is 8. The molecule has 4 rings (SSSR count). The summed E-state index contributed by atoms with van der Waals surface area (Å²) in [5.41, 5.74) is 13.3. The highest BCUT2D eigenvalue weighted by atomic mass is 16.6. The third kappa shape index (κ3) is 14.0. The van der Waals surface area contributed by atoms with Crippen molar-refractivity contribution in [3.8, 4) is 0 Å². The van der Waals surface area contributed by atoms with Crippen LogP contribution in [0.15, 0.2) is 85.1 Å². The molecule has 3 aromatic carbocycles. The normalized spacial score (nSPS) is 12.9. The van der Waals surface area contributed by atoms with Gasteiger partial charge in [-0.25, -0.2) is 0 Å². The second-order valence-electron chi connectivity index (χ2n) is 14.6. The molecule has 0 aliphatic rings. The van der Waals surface area contributed by atoms with Crippen LogP contribution in [0.25, 0.3) is 10.9 Å². The Morgan fingerprint density at radius 2 is 1.40 bits per heavy atom. The quantitative estimate of drug-likeness (QED) is 0.0176. The molecule has 1 aromatic heterocycles. The number of nitro groups is 1. The van der Waals surface area contributed by atoms with E-state index >= 15 is 0 Å². The summed E-state index contributed by atoms with van der Waals surface area (Å²) in [6.45, 7) is 3.29. The molecule has 0 fully saturated rings. The number of nitrogens with two attached hydrogens (primary N) is 2. The number of fused-ring (bicyclic) bond motifs is 1. The monoisotopic (exact) mass is 825 g/mol. The third-order valence-electron chi connectivity index (χ3n) is 9.40. The number of hydrogen-bond donors (Lipinski definition) is 10. The van der Waals surface area contributed by atoms with Gasteiger partial charge in [-0.05, 0) is 54.5 Å². The minimum Gasteiger partial charge on any atom is -0.370 e. The molecule has 0 spiro atoms. The van der Waals surface area contributed by atoms with Crippen LogP contribution in [0.4, 0.5) is 5.69 Å². The van der Waals surface area contributed by atoms with E-state index in [-0.39, 0.29) is 61.8 Å². The van der Waals surface area contributed by atoms with Gasteiger partial charge in [0.1, 0.15) is 24.2 Å². The van der Waals surface area contributed by atoms with Gasteiger partial charge >= 0.3 is 0 Å². The van der Waals surface area contributed by atoms with Crippen molar-refractivity contribution in [2.45, 2.75) is 70.1 Å². The maximum absolute atomic E-state index is 13.8. The highest BCUT2D eigenvalue weighted by Crippen LogP contribution is 2.19. The van der Waals surface area contributed by atoms with E-state index in [1.165, 1.54) is 24.3 Å². The zero-order valence-electron chi connectivity index (χ0n) is 33.3. The van der Waals surface area contributed by atoms with Gasteiger partial charge in [-0.1, -0.05) is 62.4 Å². The van der Waals surface area contributed by atoms with E-state index in [2.05, 4.69) is 36.9 Å². The van der Waals surface area contributed by atoms with Crippen LogP contribution in [-0.4, -0.2) is 88.6 Å². The van der Waals surface area contributed by atoms with Crippen molar-refractivity contribution >= 4 is 58.0 Å². The maximum atomic E-state index is 13.8. The summed E-state index contributed by atoms with van der Waals surface area (Å²) in [4.78, 5) is 93.6. The average Bonchev–Trinajstić information content (AvgIpc) is 3.62. The molecule has 0 saturated carbocycles. The van der Waals surface area contributed by atoms with E-state index in [4.69, 9.17) is 16.9 Å². The summed E-state index contributed by atoms with van der Waals surface area (Å²) < 4.78 is 0. The number of aromatic nitrogens is 1. The molecule has 0 saturated heterocycles. The lowest BCUT2D eigenvalue weighted by molar-refractivity contribution is -0.384. The fraction of sp³-hybridized carbons (Fsp3) is 0.341. The van der Waals surface area contributed by atoms with Gasteiger partial charge in [0.2, 0.25) is 29.5 Å².